The normalized spacial score (nSPS) is 36.1. The van der Waals surface area contributed by atoms with Gasteiger partial charge in [-0.1, -0.05) is 48.0 Å². The largest absolute Gasteiger partial charge is 0.465 e. The second-order valence-electron chi connectivity index (χ2n) is 9.27. The van der Waals surface area contributed by atoms with Crippen molar-refractivity contribution >= 4 is 35.1 Å². The molecule has 1 aromatic carbocycles. The Morgan fingerprint density at radius 3 is 2.68 bits per heavy atom. The zero-order valence-corrected chi connectivity index (χ0v) is 19.6. The third-order valence-corrected chi connectivity index (χ3v) is 7.55. The number of cyclic esters (lactones) is 1. The fourth-order valence-electron chi connectivity index (χ4n) is 5.87. The molecule has 4 aliphatic rings. The number of allylic oxidation sites excluding steroid dienone is 1. The number of β-amino-alcohol motifs (C(OH)–C–C–N with tert-alkyl or cyclic N) is 1. The smallest absolute Gasteiger partial charge is 0.313 e. The first-order valence-corrected chi connectivity index (χ1v) is 11.9. The molecule has 4 heterocycles. The summed E-state index contributed by atoms with van der Waals surface area (Å²) in [5.74, 6) is -3.19. The Bertz CT molecular complexity index is 1090. The molecule has 1 spiro atoms. The summed E-state index contributed by atoms with van der Waals surface area (Å²) in [5, 5.41) is 10.1. The Morgan fingerprint density at radius 2 is 1.91 bits per heavy atom. The number of anilines is 1. The molecular formula is C25H27ClN2O6. The minimum Gasteiger partial charge on any atom is -0.465 e. The minimum absolute atomic E-state index is 0.0601. The van der Waals surface area contributed by atoms with Gasteiger partial charge in [0.1, 0.15) is 17.6 Å². The first-order valence-electron chi connectivity index (χ1n) is 11.5. The average molecular weight is 487 g/mol. The molecule has 0 radical (unpaired) electrons. The molecule has 0 aromatic heterocycles. The van der Waals surface area contributed by atoms with Gasteiger partial charge in [-0.15, -0.1) is 0 Å². The lowest BCUT2D eigenvalue weighted by atomic mass is 9.74. The van der Waals surface area contributed by atoms with Crippen LogP contribution in [-0.4, -0.2) is 71.3 Å². The summed E-state index contributed by atoms with van der Waals surface area (Å²) in [7, 11) is 0. The summed E-state index contributed by atoms with van der Waals surface area (Å²) in [6.45, 7) is 1.85. The molecule has 8 nitrogen and oxygen atoms in total. The zero-order chi connectivity index (χ0) is 24.1. The third-order valence-electron chi connectivity index (χ3n) is 7.23. The van der Waals surface area contributed by atoms with Gasteiger partial charge in [0.2, 0.25) is 5.91 Å². The molecule has 34 heavy (non-hydrogen) atoms. The van der Waals surface area contributed by atoms with Crippen molar-refractivity contribution in [3.05, 3.63) is 53.6 Å². The number of hydrogen-bond acceptors (Lipinski definition) is 6. The summed E-state index contributed by atoms with van der Waals surface area (Å²) in [6, 6.07) is 5.93. The predicted octanol–water partition coefficient (Wildman–Crippen LogP) is 2.10. The van der Waals surface area contributed by atoms with Gasteiger partial charge in [-0.3, -0.25) is 14.4 Å². The lowest BCUT2D eigenvalue weighted by Crippen LogP contribution is -2.56. The first-order chi connectivity index (χ1) is 16.3. The maximum absolute atomic E-state index is 14.1. The minimum atomic E-state index is -1.39. The third kappa shape index (κ3) is 3.31. The van der Waals surface area contributed by atoms with E-state index in [4.69, 9.17) is 21.1 Å². The number of halogens is 1. The van der Waals surface area contributed by atoms with Crippen LogP contribution in [0.15, 0.2) is 48.6 Å². The van der Waals surface area contributed by atoms with Crippen LogP contribution < -0.4 is 4.90 Å². The molecule has 1 aromatic rings. The number of benzene rings is 1. The molecule has 1 N–H and O–H groups in total. The SMILES string of the molecule is C[C@@]12/C=C\CCCOC(=O)[C@@H]1[C@H]1C(=O)N(CCO)C3C(=O)N(c4ccccc4Cl)CC=C[C@@]31O2. The van der Waals surface area contributed by atoms with E-state index in [0.29, 0.717) is 23.6 Å². The van der Waals surface area contributed by atoms with E-state index in [1.807, 2.05) is 12.2 Å². The maximum atomic E-state index is 14.1. The number of nitrogens with zero attached hydrogens (tertiary/aromatic N) is 2. The van der Waals surface area contributed by atoms with E-state index in [9.17, 15) is 19.5 Å². The second kappa shape index (κ2) is 8.52. The van der Waals surface area contributed by atoms with Crippen molar-refractivity contribution in [1.29, 1.82) is 0 Å². The lowest BCUT2D eigenvalue weighted by molar-refractivity contribution is -0.158. The molecule has 4 aliphatic heterocycles. The average Bonchev–Trinajstić information content (AvgIpc) is 3.14. The number of aliphatic hydroxyl groups is 1. The van der Waals surface area contributed by atoms with Crippen LogP contribution in [0.4, 0.5) is 5.69 Å². The number of rotatable bonds is 3. The fraction of sp³-hybridized carbons (Fsp3) is 0.480. The Morgan fingerprint density at radius 1 is 1.12 bits per heavy atom. The number of carbonyl (C=O) groups excluding carboxylic acids is 3. The van der Waals surface area contributed by atoms with Crippen molar-refractivity contribution in [3.8, 4) is 0 Å². The highest BCUT2D eigenvalue weighted by Crippen LogP contribution is 2.57. The van der Waals surface area contributed by atoms with Crippen LogP contribution >= 0.6 is 11.6 Å². The molecule has 2 saturated heterocycles. The first kappa shape index (κ1) is 23.1. The molecule has 180 valence electrons. The molecule has 2 amide bonds. The number of para-hydroxylation sites is 1. The fourth-order valence-corrected chi connectivity index (χ4v) is 6.11. The van der Waals surface area contributed by atoms with E-state index < -0.39 is 41.0 Å². The summed E-state index contributed by atoms with van der Waals surface area (Å²) in [6.07, 6.45) is 8.69. The standard InChI is InChI=1S/C25H27ClN2O6/c1-24-10-5-2-6-15-33-23(32)19(24)18-21(30)28(13-14-29)20-22(31)27(12-7-11-25(18,20)34-24)17-9-4-3-8-16(17)26/h3-5,7-11,18-20,29H,2,6,12-15H2,1H3/b10-5-/t18-,19-,20?,24+,25-/m0/s1. The van der Waals surface area contributed by atoms with Gasteiger partial charge < -0.3 is 24.4 Å². The van der Waals surface area contributed by atoms with Gasteiger partial charge in [0, 0.05) is 13.1 Å². The van der Waals surface area contributed by atoms with Gasteiger partial charge in [0.05, 0.1) is 35.4 Å². The molecule has 0 aliphatic carbocycles. The van der Waals surface area contributed by atoms with Crippen molar-refractivity contribution in [2.45, 2.75) is 37.0 Å². The summed E-state index contributed by atoms with van der Waals surface area (Å²) in [5.41, 5.74) is -2.00. The highest BCUT2D eigenvalue weighted by molar-refractivity contribution is 6.34. The highest BCUT2D eigenvalue weighted by atomic mass is 35.5. The molecule has 2 fully saturated rings. The molecule has 0 bridgehead atoms. The number of aliphatic hydroxyl groups excluding tert-OH is 1. The van der Waals surface area contributed by atoms with Crippen molar-refractivity contribution in [3.63, 3.8) is 0 Å². The molecular weight excluding hydrogens is 460 g/mol. The molecule has 1 unspecified atom stereocenters. The van der Waals surface area contributed by atoms with E-state index >= 15 is 0 Å². The van der Waals surface area contributed by atoms with E-state index in [2.05, 4.69) is 0 Å². The van der Waals surface area contributed by atoms with Crippen LogP contribution in [0, 0.1) is 11.8 Å². The number of carbonyl (C=O) groups is 3. The number of hydrogen-bond donors (Lipinski definition) is 1. The Hall–Kier alpha value is -2.68. The van der Waals surface area contributed by atoms with Gasteiger partial charge in [0.25, 0.3) is 5.91 Å². The monoisotopic (exact) mass is 486 g/mol. The van der Waals surface area contributed by atoms with E-state index in [-0.39, 0.29) is 32.2 Å². The Labute approximate surface area is 202 Å². The summed E-state index contributed by atoms with van der Waals surface area (Å²) >= 11 is 6.41. The van der Waals surface area contributed by atoms with Crippen molar-refractivity contribution in [1.82, 2.24) is 4.90 Å². The molecule has 0 saturated carbocycles. The Kier molecular flexibility index (Phi) is 5.78. The Balaban J connectivity index is 1.66. The van der Waals surface area contributed by atoms with Gasteiger partial charge >= 0.3 is 5.97 Å². The van der Waals surface area contributed by atoms with Gasteiger partial charge in [-0.05, 0) is 31.9 Å². The number of likely N-dealkylation sites (tertiary alicyclic amines) is 1. The van der Waals surface area contributed by atoms with Crippen LogP contribution in [0.5, 0.6) is 0 Å². The molecule has 5 rings (SSSR count). The van der Waals surface area contributed by atoms with Crippen LogP contribution in [0.3, 0.4) is 0 Å². The van der Waals surface area contributed by atoms with Crippen LogP contribution in [-0.2, 0) is 23.9 Å². The number of amides is 2. The van der Waals surface area contributed by atoms with Crippen LogP contribution in [0.25, 0.3) is 0 Å². The van der Waals surface area contributed by atoms with Gasteiger partial charge in [-0.2, -0.15) is 0 Å². The van der Waals surface area contributed by atoms with Gasteiger partial charge in [0.15, 0.2) is 0 Å². The van der Waals surface area contributed by atoms with Crippen LogP contribution in [0.2, 0.25) is 5.02 Å². The van der Waals surface area contributed by atoms with Crippen molar-refractivity contribution < 1.29 is 29.0 Å². The van der Waals surface area contributed by atoms with Crippen molar-refractivity contribution in [2.24, 2.45) is 11.8 Å². The predicted molar refractivity (Wildman–Crippen MR) is 124 cm³/mol. The van der Waals surface area contributed by atoms with E-state index in [0.717, 1.165) is 0 Å². The molecule has 9 heteroatoms. The van der Waals surface area contributed by atoms with Crippen molar-refractivity contribution in [2.75, 3.05) is 31.2 Å². The molecule has 5 atom stereocenters. The van der Waals surface area contributed by atoms with E-state index in [1.54, 1.807) is 43.3 Å². The van der Waals surface area contributed by atoms with E-state index in [1.165, 1.54) is 9.80 Å². The number of esters is 1. The zero-order valence-electron chi connectivity index (χ0n) is 18.9. The lowest BCUT2D eigenvalue weighted by Gasteiger charge is -2.37. The topological polar surface area (TPSA) is 96.4 Å². The highest BCUT2D eigenvalue weighted by Gasteiger charge is 2.74. The quantitative estimate of drug-likeness (QED) is 0.519. The summed E-state index contributed by atoms with van der Waals surface area (Å²) < 4.78 is 12.2. The number of ether oxygens (including phenoxy) is 2. The summed E-state index contributed by atoms with van der Waals surface area (Å²) in [4.78, 5) is 44.0. The van der Waals surface area contributed by atoms with Gasteiger partial charge in [-0.25, -0.2) is 0 Å². The maximum Gasteiger partial charge on any atom is 0.313 e. The van der Waals surface area contributed by atoms with Crippen LogP contribution in [0.1, 0.15) is 19.8 Å². The second-order valence-corrected chi connectivity index (χ2v) is 9.67. The number of fused-ring (bicyclic) bond motifs is 2.